The normalized spacial score (nSPS) is 12.8. The SMILES string of the molecule is CCCC(CC)Cc1ccc(C)c(C)c1. The van der Waals surface area contributed by atoms with Crippen molar-refractivity contribution in [1.82, 2.24) is 0 Å². The highest BCUT2D eigenvalue weighted by atomic mass is 14.1. The summed E-state index contributed by atoms with van der Waals surface area (Å²) >= 11 is 0. The van der Waals surface area contributed by atoms with E-state index in [4.69, 9.17) is 0 Å². The summed E-state index contributed by atoms with van der Waals surface area (Å²) in [4.78, 5) is 0. The van der Waals surface area contributed by atoms with Gasteiger partial charge in [-0.3, -0.25) is 0 Å². The van der Waals surface area contributed by atoms with Gasteiger partial charge in [-0.25, -0.2) is 0 Å². The first-order valence-corrected chi connectivity index (χ1v) is 6.23. The van der Waals surface area contributed by atoms with Crippen molar-refractivity contribution in [3.63, 3.8) is 0 Å². The first kappa shape index (κ1) is 12.3. The van der Waals surface area contributed by atoms with Crippen LogP contribution >= 0.6 is 0 Å². The molecule has 0 saturated carbocycles. The van der Waals surface area contributed by atoms with Crippen LogP contribution in [0, 0.1) is 19.8 Å². The van der Waals surface area contributed by atoms with Crippen molar-refractivity contribution in [3.05, 3.63) is 34.9 Å². The number of aryl methyl sites for hydroxylation is 2. The van der Waals surface area contributed by atoms with Crippen LogP contribution in [0.25, 0.3) is 0 Å². The maximum atomic E-state index is 2.35. The van der Waals surface area contributed by atoms with Gasteiger partial charge in [-0.15, -0.1) is 0 Å². The van der Waals surface area contributed by atoms with Crippen molar-refractivity contribution in [2.45, 2.75) is 53.4 Å². The van der Waals surface area contributed by atoms with Gasteiger partial charge in [0.1, 0.15) is 0 Å². The molecule has 0 nitrogen and oxygen atoms in total. The first-order valence-electron chi connectivity index (χ1n) is 6.23. The van der Waals surface area contributed by atoms with Crippen LogP contribution in [-0.2, 0) is 6.42 Å². The molecule has 84 valence electrons. The molecule has 0 spiro atoms. The van der Waals surface area contributed by atoms with E-state index in [0.717, 1.165) is 5.92 Å². The van der Waals surface area contributed by atoms with Gasteiger partial charge in [0.2, 0.25) is 0 Å². The zero-order valence-electron chi connectivity index (χ0n) is 10.6. The van der Waals surface area contributed by atoms with E-state index in [-0.39, 0.29) is 0 Å². The van der Waals surface area contributed by atoms with Crippen LogP contribution in [0.15, 0.2) is 18.2 Å². The molecule has 0 amide bonds. The summed E-state index contributed by atoms with van der Waals surface area (Å²) in [7, 11) is 0. The minimum atomic E-state index is 0.872. The van der Waals surface area contributed by atoms with Crippen molar-refractivity contribution < 1.29 is 0 Å². The zero-order chi connectivity index (χ0) is 11.3. The Kier molecular flexibility index (Phi) is 4.87. The maximum Gasteiger partial charge on any atom is -0.0250 e. The quantitative estimate of drug-likeness (QED) is 0.653. The monoisotopic (exact) mass is 204 g/mol. The highest BCUT2D eigenvalue weighted by molar-refractivity contribution is 5.30. The summed E-state index contributed by atoms with van der Waals surface area (Å²) < 4.78 is 0. The number of rotatable bonds is 5. The molecule has 0 saturated heterocycles. The van der Waals surface area contributed by atoms with Crippen LogP contribution < -0.4 is 0 Å². The molecule has 0 radical (unpaired) electrons. The van der Waals surface area contributed by atoms with E-state index in [9.17, 15) is 0 Å². The summed E-state index contributed by atoms with van der Waals surface area (Å²) in [6.45, 7) is 8.98. The molecule has 0 N–H and O–H groups in total. The predicted octanol–water partition coefficient (Wildman–Crippen LogP) is 4.67. The van der Waals surface area contributed by atoms with Gasteiger partial charge in [0, 0.05) is 0 Å². The molecule has 1 unspecified atom stereocenters. The Hall–Kier alpha value is -0.780. The number of hydrogen-bond donors (Lipinski definition) is 0. The largest absolute Gasteiger partial charge is 0.0654 e. The van der Waals surface area contributed by atoms with Crippen LogP contribution in [-0.4, -0.2) is 0 Å². The number of hydrogen-bond acceptors (Lipinski definition) is 0. The summed E-state index contributed by atoms with van der Waals surface area (Å²) in [5.74, 6) is 0.872. The molecular formula is C15H24. The van der Waals surface area contributed by atoms with Gasteiger partial charge >= 0.3 is 0 Å². The van der Waals surface area contributed by atoms with Gasteiger partial charge in [-0.2, -0.15) is 0 Å². The van der Waals surface area contributed by atoms with Gasteiger partial charge in [-0.1, -0.05) is 51.3 Å². The van der Waals surface area contributed by atoms with Crippen LogP contribution in [0.3, 0.4) is 0 Å². The summed E-state index contributed by atoms with van der Waals surface area (Å²) in [5.41, 5.74) is 4.35. The fraction of sp³-hybridized carbons (Fsp3) is 0.600. The summed E-state index contributed by atoms with van der Waals surface area (Å²) in [5, 5.41) is 0. The van der Waals surface area contributed by atoms with Crippen molar-refractivity contribution in [2.24, 2.45) is 5.92 Å². The molecule has 0 aliphatic carbocycles. The van der Waals surface area contributed by atoms with Crippen LogP contribution in [0.1, 0.15) is 49.8 Å². The first-order chi connectivity index (χ1) is 7.17. The molecule has 1 aromatic rings. The van der Waals surface area contributed by atoms with E-state index in [1.807, 2.05) is 0 Å². The zero-order valence-corrected chi connectivity index (χ0v) is 10.6. The molecular weight excluding hydrogens is 180 g/mol. The van der Waals surface area contributed by atoms with Gasteiger partial charge in [0.25, 0.3) is 0 Å². The Bertz CT molecular complexity index is 299. The summed E-state index contributed by atoms with van der Waals surface area (Å²) in [6, 6.07) is 6.90. The molecule has 1 aromatic carbocycles. The lowest BCUT2D eigenvalue weighted by atomic mass is 9.91. The Balaban J connectivity index is 2.66. The lowest BCUT2D eigenvalue weighted by Gasteiger charge is -2.14. The highest BCUT2D eigenvalue weighted by Crippen LogP contribution is 2.19. The van der Waals surface area contributed by atoms with Crippen LogP contribution in [0.4, 0.5) is 0 Å². The lowest BCUT2D eigenvalue weighted by molar-refractivity contribution is 0.462. The van der Waals surface area contributed by atoms with Crippen molar-refractivity contribution in [2.75, 3.05) is 0 Å². The minimum Gasteiger partial charge on any atom is -0.0654 e. The maximum absolute atomic E-state index is 2.35. The second kappa shape index (κ2) is 5.95. The predicted molar refractivity (Wildman–Crippen MR) is 68.3 cm³/mol. The molecule has 0 fully saturated rings. The molecule has 0 bridgehead atoms. The molecule has 1 atom stereocenters. The molecule has 0 aliphatic heterocycles. The third kappa shape index (κ3) is 3.70. The average molecular weight is 204 g/mol. The molecule has 1 rings (SSSR count). The number of benzene rings is 1. The Morgan fingerprint density at radius 2 is 1.80 bits per heavy atom. The highest BCUT2D eigenvalue weighted by Gasteiger charge is 2.06. The van der Waals surface area contributed by atoms with Gasteiger partial charge in [0.05, 0.1) is 0 Å². The van der Waals surface area contributed by atoms with Crippen molar-refractivity contribution >= 4 is 0 Å². The van der Waals surface area contributed by atoms with E-state index in [2.05, 4.69) is 45.9 Å². The third-order valence-corrected chi connectivity index (χ3v) is 3.37. The average Bonchev–Trinajstić information content (AvgIpc) is 2.23. The molecule has 0 heterocycles. The van der Waals surface area contributed by atoms with Crippen LogP contribution in [0.5, 0.6) is 0 Å². The smallest absolute Gasteiger partial charge is 0.0250 e. The fourth-order valence-corrected chi connectivity index (χ4v) is 2.12. The van der Waals surface area contributed by atoms with Crippen molar-refractivity contribution in [3.8, 4) is 0 Å². The van der Waals surface area contributed by atoms with Gasteiger partial charge in [-0.05, 0) is 42.9 Å². The lowest BCUT2D eigenvalue weighted by Crippen LogP contribution is -2.03. The Morgan fingerprint density at radius 1 is 1.07 bits per heavy atom. The minimum absolute atomic E-state index is 0.872. The molecule has 0 heteroatoms. The third-order valence-electron chi connectivity index (χ3n) is 3.37. The Labute approximate surface area is 94.7 Å². The van der Waals surface area contributed by atoms with E-state index in [1.165, 1.54) is 42.4 Å². The second-order valence-electron chi connectivity index (χ2n) is 4.69. The molecule has 15 heavy (non-hydrogen) atoms. The van der Waals surface area contributed by atoms with Crippen molar-refractivity contribution in [1.29, 1.82) is 0 Å². The van der Waals surface area contributed by atoms with Gasteiger partial charge in [0.15, 0.2) is 0 Å². The topological polar surface area (TPSA) is 0 Å². The summed E-state index contributed by atoms with van der Waals surface area (Å²) in [6.07, 6.45) is 5.24. The molecule has 0 aliphatic rings. The van der Waals surface area contributed by atoms with E-state index in [1.54, 1.807) is 0 Å². The molecule has 0 aromatic heterocycles. The van der Waals surface area contributed by atoms with Gasteiger partial charge < -0.3 is 0 Å². The standard InChI is InChI=1S/C15H24/c1-5-7-14(6-2)11-15-9-8-12(3)13(4)10-15/h8-10,14H,5-7,11H2,1-4H3. The Morgan fingerprint density at radius 3 is 2.33 bits per heavy atom. The van der Waals surface area contributed by atoms with Crippen LogP contribution in [0.2, 0.25) is 0 Å². The van der Waals surface area contributed by atoms with E-state index >= 15 is 0 Å². The van der Waals surface area contributed by atoms with E-state index in [0.29, 0.717) is 0 Å². The second-order valence-corrected chi connectivity index (χ2v) is 4.69. The van der Waals surface area contributed by atoms with E-state index < -0.39 is 0 Å². The fourth-order valence-electron chi connectivity index (χ4n) is 2.12.